The van der Waals surface area contributed by atoms with Gasteiger partial charge in [0.1, 0.15) is 11.9 Å². The number of aromatic nitrogens is 1. The van der Waals surface area contributed by atoms with E-state index in [4.69, 9.17) is 4.74 Å². The minimum Gasteiger partial charge on any atom is -0.458 e. The Morgan fingerprint density at radius 1 is 1.12 bits per heavy atom. The van der Waals surface area contributed by atoms with Crippen molar-refractivity contribution in [2.24, 2.45) is 17.3 Å². The van der Waals surface area contributed by atoms with Gasteiger partial charge in [-0.05, 0) is 56.4 Å². The normalized spacial score (nSPS) is 31.3. The molecule has 2 fully saturated rings. The van der Waals surface area contributed by atoms with Gasteiger partial charge in [-0.15, -0.1) is 11.3 Å². The summed E-state index contributed by atoms with van der Waals surface area (Å²) in [7, 11) is 0. The van der Waals surface area contributed by atoms with Crippen LogP contribution in [0.2, 0.25) is 0 Å². The fourth-order valence-corrected chi connectivity index (χ4v) is 6.70. The summed E-state index contributed by atoms with van der Waals surface area (Å²) in [6, 6.07) is 9.00. The highest BCUT2D eigenvalue weighted by molar-refractivity contribution is 7.09. The lowest BCUT2D eigenvalue weighted by atomic mass is 9.73. The maximum atomic E-state index is 13.5. The van der Waals surface area contributed by atoms with Crippen LogP contribution in [0.1, 0.15) is 87.8 Å². The van der Waals surface area contributed by atoms with Crippen LogP contribution in [0.3, 0.4) is 0 Å². The molecule has 0 saturated carbocycles. The van der Waals surface area contributed by atoms with Gasteiger partial charge in [0, 0.05) is 23.3 Å². The number of nitrogens with zero attached hydrogens (tertiary/aromatic N) is 2. The molecule has 2 saturated heterocycles. The average Bonchev–Trinajstić information content (AvgIpc) is 3.47. The van der Waals surface area contributed by atoms with Crippen molar-refractivity contribution >= 4 is 35.1 Å². The Labute approximate surface area is 252 Å². The molecule has 1 amide bonds. The monoisotopic (exact) mass is 596 g/mol. The molecule has 0 aliphatic carbocycles. The second kappa shape index (κ2) is 13.2. The van der Waals surface area contributed by atoms with Crippen LogP contribution in [0.4, 0.5) is 0 Å². The first-order valence-corrected chi connectivity index (χ1v) is 15.8. The molecule has 9 heteroatoms. The van der Waals surface area contributed by atoms with Crippen LogP contribution >= 0.6 is 11.3 Å². The summed E-state index contributed by atoms with van der Waals surface area (Å²) in [6.45, 7) is 10.6. The van der Waals surface area contributed by atoms with Crippen LogP contribution in [0.15, 0.2) is 41.3 Å². The lowest BCUT2D eigenvalue weighted by molar-refractivity contribution is -0.154. The van der Waals surface area contributed by atoms with Crippen molar-refractivity contribution in [3.8, 4) is 0 Å². The standard InChI is InChI=1S/C33H44N2O6S/c1-19-11-10-14-25-26(35(25)32(40)23-12-8-7-9-13-23)16-27(20(2)15-24-18-42-22(4)34-24)41-29(37)17-28(36)33(5,6)31(39)21(3)30(19)38/h7-9,12-13,15,18-19,21,25-28,30,36,38H,10-11,14,16-17H2,1-6H3/t19-,21+,25+,26+,27-,28-,30-,35?/m1/s1. The van der Waals surface area contributed by atoms with E-state index in [9.17, 15) is 24.6 Å². The molecule has 2 aromatic rings. The van der Waals surface area contributed by atoms with Crippen LogP contribution in [-0.4, -0.2) is 68.2 Å². The molecule has 0 unspecified atom stereocenters. The van der Waals surface area contributed by atoms with Gasteiger partial charge in [0.25, 0.3) is 5.91 Å². The number of hydrogen-bond donors (Lipinski definition) is 2. The van der Waals surface area contributed by atoms with Gasteiger partial charge in [-0.3, -0.25) is 14.4 Å². The Morgan fingerprint density at radius 2 is 1.81 bits per heavy atom. The molecule has 1 aromatic heterocycles. The number of amides is 1. The van der Waals surface area contributed by atoms with Crippen molar-refractivity contribution < 1.29 is 29.3 Å². The molecule has 2 aliphatic heterocycles. The Balaban J connectivity index is 1.65. The van der Waals surface area contributed by atoms with Gasteiger partial charge in [-0.25, -0.2) is 4.98 Å². The summed E-state index contributed by atoms with van der Waals surface area (Å²) < 4.78 is 6.00. The third-order valence-corrected chi connectivity index (χ3v) is 9.86. The summed E-state index contributed by atoms with van der Waals surface area (Å²) in [4.78, 5) is 46.6. The summed E-state index contributed by atoms with van der Waals surface area (Å²) >= 11 is 1.53. The fourth-order valence-electron chi connectivity index (χ4n) is 6.13. The highest BCUT2D eigenvalue weighted by atomic mass is 32.1. The first-order valence-electron chi connectivity index (χ1n) is 14.9. The maximum Gasteiger partial charge on any atom is 0.309 e. The molecule has 8 nitrogen and oxygen atoms in total. The number of carbonyl (C=O) groups excluding carboxylic acids is 3. The van der Waals surface area contributed by atoms with E-state index < -0.39 is 35.6 Å². The van der Waals surface area contributed by atoms with E-state index in [1.54, 1.807) is 32.9 Å². The number of hydrogen-bond acceptors (Lipinski definition) is 8. The number of cyclic esters (lactones) is 1. The molecule has 0 spiro atoms. The van der Waals surface area contributed by atoms with E-state index >= 15 is 0 Å². The predicted octanol–water partition coefficient (Wildman–Crippen LogP) is 5.21. The van der Waals surface area contributed by atoms with Gasteiger partial charge in [-0.2, -0.15) is 0 Å². The summed E-state index contributed by atoms with van der Waals surface area (Å²) in [6.07, 6.45) is 1.33. The molecule has 7 atom stereocenters. The number of Topliss-reactive ketones (excluding diaryl/α,β-unsaturated/α-hetero) is 1. The number of carbonyl (C=O) groups is 3. The van der Waals surface area contributed by atoms with Crippen molar-refractivity contribution in [1.82, 2.24) is 9.88 Å². The van der Waals surface area contributed by atoms with Crippen molar-refractivity contribution in [1.29, 1.82) is 0 Å². The van der Waals surface area contributed by atoms with Gasteiger partial charge in [0.2, 0.25) is 0 Å². The Hall–Kier alpha value is -2.88. The fraction of sp³-hybridized carbons (Fsp3) is 0.576. The van der Waals surface area contributed by atoms with E-state index in [2.05, 4.69) is 4.98 Å². The molecule has 42 heavy (non-hydrogen) atoms. The van der Waals surface area contributed by atoms with Crippen LogP contribution < -0.4 is 0 Å². The summed E-state index contributed by atoms with van der Waals surface area (Å²) in [5.41, 5.74) is 0.921. The number of fused-ring (bicyclic) bond motifs is 1. The third kappa shape index (κ3) is 7.18. The van der Waals surface area contributed by atoms with Crippen LogP contribution in [0.5, 0.6) is 0 Å². The number of benzene rings is 1. The average molecular weight is 597 g/mol. The molecule has 0 bridgehead atoms. The van der Waals surface area contributed by atoms with Gasteiger partial charge in [0.05, 0.1) is 46.8 Å². The summed E-state index contributed by atoms with van der Waals surface area (Å²) in [5.74, 6) is -1.83. The molecule has 4 rings (SSSR count). The number of aliphatic hydroxyl groups excluding tert-OH is 2. The van der Waals surface area contributed by atoms with Crippen LogP contribution in [0.25, 0.3) is 6.08 Å². The molecule has 2 N–H and O–H groups in total. The second-order valence-corrected chi connectivity index (χ2v) is 13.7. The van der Waals surface area contributed by atoms with E-state index in [1.165, 1.54) is 11.3 Å². The quantitative estimate of drug-likeness (QED) is 0.369. The number of thiazole rings is 1. The Bertz CT molecular complexity index is 1300. The maximum absolute atomic E-state index is 13.5. The number of aryl methyl sites for hydroxylation is 1. The van der Waals surface area contributed by atoms with E-state index in [0.717, 1.165) is 29.1 Å². The minimum absolute atomic E-state index is 0.0333. The molecule has 1 aromatic carbocycles. The number of ketones is 1. The molecule has 228 valence electrons. The number of esters is 1. The molecule has 2 aliphatic rings. The van der Waals surface area contributed by atoms with Crippen molar-refractivity contribution in [3.05, 3.63) is 57.6 Å². The first kappa shape index (κ1) is 32.0. The zero-order valence-electron chi connectivity index (χ0n) is 25.4. The largest absolute Gasteiger partial charge is 0.458 e. The highest BCUT2D eigenvalue weighted by Gasteiger charge is 2.52. The molecular formula is C33H44N2O6S. The lowest BCUT2D eigenvalue weighted by Gasteiger charge is -2.34. The minimum atomic E-state index is -1.29. The zero-order valence-corrected chi connectivity index (χ0v) is 26.3. The molecule has 3 heterocycles. The third-order valence-electron chi connectivity index (χ3n) is 9.07. The Morgan fingerprint density at radius 3 is 2.45 bits per heavy atom. The van der Waals surface area contributed by atoms with Gasteiger partial charge < -0.3 is 19.8 Å². The van der Waals surface area contributed by atoms with E-state index in [1.807, 2.05) is 55.3 Å². The van der Waals surface area contributed by atoms with Crippen LogP contribution in [0, 0.1) is 24.2 Å². The SMILES string of the molecule is CC(=Cc1csc(C)n1)[C@H]1C[C@H]2[C@H](CCC[C@@H](C)[C@@H](O)[C@H](C)C(=O)C(C)(C)[C@H](O)CC(=O)O1)N2C(=O)c1ccccc1. The predicted molar refractivity (Wildman–Crippen MR) is 163 cm³/mol. The van der Waals surface area contributed by atoms with E-state index in [-0.39, 0.29) is 36.1 Å². The van der Waals surface area contributed by atoms with Gasteiger partial charge in [-0.1, -0.05) is 52.3 Å². The van der Waals surface area contributed by atoms with Crippen molar-refractivity contribution in [2.75, 3.05) is 0 Å². The molecule has 0 radical (unpaired) electrons. The first-order chi connectivity index (χ1) is 19.8. The number of ether oxygens (including phenoxy) is 1. The zero-order chi connectivity index (χ0) is 30.8. The number of rotatable bonds is 3. The summed E-state index contributed by atoms with van der Waals surface area (Å²) in [5, 5.41) is 24.9. The van der Waals surface area contributed by atoms with E-state index in [0.29, 0.717) is 18.4 Å². The topological polar surface area (TPSA) is 117 Å². The van der Waals surface area contributed by atoms with Gasteiger partial charge >= 0.3 is 5.97 Å². The Kier molecular flexibility index (Phi) is 10.1. The number of aliphatic hydroxyl groups is 2. The molecular weight excluding hydrogens is 552 g/mol. The highest BCUT2D eigenvalue weighted by Crippen LogP contribution is 2.40. The smallest absolute Gasteiger partial charge is 0.309 e. The van der Waals surface area contributed by atoms with Crippen molar-refractivity contribution in [2.45, 2.75) is 104 Å². The second-order valence-electron chi connectivity index (χ2n) is 12.6. The lowest BCUT2D eigenvalue weighted by Crippen LogP contribution is -2.45. The van der Waals surface area contributed by atoms with Gasteiger partial charge in [0.15, 0.2) is 0 Å². The van der Waals surface area contributed by atoms with Crippen molar-refractivity contribution in [3.63, 3.8) is 0 Å². The van der Waals surface area contributed by atoms with Crippen LogP contribution in [-0.2, 0) is 14.3 Å².